The van der Waals surface area contributed by atoms with Crippen molar-refractivity contribution in [3.8, 4) is 6.07 Å². The first kappa shape index (κ1) is 11.5. The van der Waals surface area contributed by atoms with Gasteiger partial charge >= 0.3 is 5.97 Å². The van der Waals surface area contributed by atoms with E-state index in [1.54, 1.807) is 18.2 Å². The Morgan fingerprint density at radius 3 is 3.07 bits per heavy atom. The Labute approximate surface area is 88.5 Å². The molecule has 0 amide bonds. The fraction of sp³-hybridized carbons (Fsp3) is 0.455. The minimum atomic E-state index is -0.485. The topological polar surface area (TPSA) is 70.3 Å². The molecule has 4 nitrogen and oxygen atoms in total. The van der Waals surface area contributed by atoms with Gasteiger partial charge in [-0.15, -0.1) is 0 Å². The minimum absolute atomic E-state index is 0.0548. The van der Waals surface area contributed by atoms with Crippen LogP contribution in [0.1, 0.15) is 12.8 Å². The molecule has 0 bridgehead atoms. The third-order valence-corrected chi connectivity index (χ3v) is 2.26. The van der Waals surface area contributed by atoms with Gasteiger partial charge in [0.25, 0.3) is 0 Å². The molecule has 0 spiro atoms. The maximum atomic E-state index is 11.0. The van der Waals surface area contributed by atoms with Gasteiger partial charge in [0.05, 0.1) is 31.6 Å². The van der Waals surface area contributed by atoms with E-state index in [1.807, 2.05) is 6.07 Å². The van der Waals surface area contributed by atoms with E-state index in [1.165, 1.54) is 7.11 Å². The lowest BCUT2D eigenvalue weighted by atomic mass is 9.92. The highest BCUT2D eigenvalue weighted by Gasteiger charge is 2.18. The minimum Gasteiger partial charge on any atom is -0.469 e. The Morgan fingerprint density at radius 1 is 1.87 bits per heavy atom. The van der Waals surface area contributed by atoms with E-state index < -0.39 is 18.0 Å². The highest BCUT2D eigenvalue weighted by molar-refractivity contribution is 5.70. The second kappa shape index (κ2) is 5.32. The van der Waals surface area contributed by atoms with E-state index in [4.69, 9.17) is 5.26 Å². The van der Waals surface area contributed by atoms with Crippen LogP contribution in [0.15, 0.2) is 23.8 Å². The molecule has 1 rings (SSSR count). The van der Waals surface area contributed by atoms with E-state index in [-0.39, 0.29) is 6.42 Å². The summed E-state index contributed by atoms with van der Waals surface area (Å²) in [6.45, 7) is 0. The van der Waals surface area contributed by atoms with Crippen molar-refractivity contribution in [2.45, 2.75) is 18.9 Å². The van der Waals surface area contributed by atoms with Crippen molar-refractivity contribution in [1.82, 2.24) is 0 Å². The molecule has 15 heavy (non-hydrogen) atoms. The third kappa shape index (κ3) is 3.22. The summed E-state index contributed by atoms with van der Waals surface area (Å²) in [6, 6.07) is 2.05. The summed E-state index contributed by atoms with van der Waals surface area (Å²) in [6.07, 6.45) is 5.15. The molecule has 0 aromatic carbocycles. The number of carbonyl (C=O) groups excluding carboxylic acids is 1. The van der Waals surface area contributed by atoms with Crippen molar-refractivity contribution in [1.29, 1.82) is 5.26 Å². The van der Waals surface area contributed by atoms with Crippen LogP contribution in [0.2, 0.25) is 0 Å². The molecule has 1 aliphatic rings. The largest absolute Gasteiger partial charge is 0.469 e. The van der Waals surface area contributed by atoms with Gasteiger partial charge in [0.2, 0.25) is 0 Å². The fourth-order valence-corrected chi connectivity index (χ4v) is 1.37. The zero-order valence-corrected chi connectivity index (χ0v) is 8.51. The molecule has 4 heteroatoms. The van der Waals surface area contributed by atoms with E-state index in [2.05, 4.69) is 4.74 Å². The number of aliphatic hydroxyl groups is 1. The number of hydrogen-bond donors (Lipinski definition) is 1. The maximum absolute atomic E-state index is 11.0. The van der Waals surface area contributed by atoms with Crippen molar-refractivity contribution in [2.24, 2.45) is 5.92 Å². The van der Waals surface area contributed by atoms with Crippen LogP contribution < -0.4 is 0 Å². The number of methoxy groups -OCH3 is 1. The number of aliphatic hydroxyl groups excluding tert-OH is 1. The number of rotatable bonds is 3. The van der Waals surface area contributed by atoms with Gasteiger partial charge in [-0.25, -0.2) is 0 Å². The van der Waals surface area contributed by atoms with Crippen molar-refractivity contribution in [3.05, 3.63) is 23.8 Å². The van der Waals surface area contributed by atoms with Crippen LogP contribution in [0, 0.1) is 17.2 Å². The number of esters is 1. The van der Waals surface area contributed by atoms with E-state index >= 15 is 0 Å². The third-order valence-electron chi connectivity index (χ3n) is 2.26. The number of allylic oxidation sites excluding steroid dienone is 2. The molecule has 0 fully saturated rings. The summed E-state index contributed by atoms with van der Waals surface area (Å²) in [7, 11) is 1.30. The molecule has 0 aliphatic heterocycles. The Bertz CT molecular complexity index is 338. The van der Waals surface area contributed by atoms with Crippen molar-refractivity contribution < 1.29 is 14.6 Å². The Kier molecular flexibility index (Phi) is 4.07. The van der Waals surface area contributed by atoms with Crippen LogP contribution in [0.5, 0.6) is 0 Å². The molecular formula is C11H13NO3. The Morgan fingerprint density at radius 2 is 2.60 bits per heavy atom. The Hall–Kier alpha value is -1.60. The first-order chi connectivity index (χ1) is 7.17. The first-order valence-corrected chi connectivity index (χ1v) is 4.70. The van der Waals surface area contributed by atoms with Crippen LogP contribution in [0.3, 0.4) is 0 Å². The van der Waals surface area contributed by atoms with Crippen LogP contribution in [0.4, 0.5) is 0 Å². The number of nitriles is 1. The lowest BCUT2D eigenvalue weighted by molar-refractivity contribution is -0.141. The van der Waals surface area contributed by atoms with Crippen LogP contribution in [-0.2, 0) is 9.53 Å². The molecule has 1 N–H and O–H groups in total. The van der Waals surface area contributed by atoms with Crippen molar-refractivity contribution in [3.63, 3.8) is 0 Å². The van der Waals surface area contributed by atoms with Gasteiger partial charge in [-0.1, -0.05) is 18.2 Å². The molecule has 0 saturated heterocycles. The molecule has 0 aromatic heterocycles. The maximum Gasteiger partial charge on any atom is 0.307 e. The zero-order valence-electron chi connectivity index (χ0n) is 8.51. The van der Waals surface area contributed by atoms with E-state index in [0.29, 0.717) is 6.42 Å². The number of ether oxygens (including phenoxy) is 1. The zero-order chi connectivity index (χ0) is 11.3. The molecule has 0 heterocycles. The summed E-state index contributed by atoms with van der Waals surface area (Å²) in [4.78, 5) is 11.0. The SMILES string of the molecule is COC(=O)CC(C#N)C1=CCC(O)C=C1. The smallest absolute Gasteiger partial charge is 0.307 e. The van der Waals surface area contributed by atoms with Gasteiger partial charge in [0.1, 0.15) is 0 Å². The summed E-state index contributed by atoms with van der Waals surface area (Å²) in [5.74, 6) is -0.886. The van der Waals surface area contributed by atoms with Gasteiger partial charge in [-0.3, -0.25) is 4.79 Å². The summed E-state index contributed by atoms with van der Waals surface area (Å²) in [5.41, 5.74) is 0.771. The average molecular weight is 207 g/mol. The normalized spacial score (nSPS) is 21.4. The highest BCUT2D eigenvalue weighted by atomic mass is 16.5. The van der Waals surface area contributed by atoms with Crippen molar-refractivity contribution in [2.75, 3.05) is 7.11 Å². The number of hydrogen-bond acceptors (Lipinski definition) is 4. The first-order valence-electron chi connectivity index (χ1n) is 4.70. The standard InChI is InChI=1S/C11H13NO3/c1-15-11(14)6-9(7-12)8-2-4-10(13)5-3-8/h2-4,9-10,13H,5-6H2,1H3. The molecule has 80 valence electrons. The van der Waals surface area contributed by atoms with E-state index in [0.717, 1.165) is 5.57 Å². The lowest BCUT2D eigenvalue weighted by Crippen LogP contribution is -2.13. The molecule has 0 aromatic rings. The highest BCUT2D eigenvalue weighted by Crippen LogP contribution is 2.21. The Balaban J connectivity index is 2.65. The molecule has 2 unspecified atom stereocenters. The second-order valence-electron chi connectivity index (χ2n) is 3.33. The van der Waals surface area contributed by atoms with E-state index in [9.17, 15) is 9.90 Å². The monoisotopic (exact) mass is 207 g/mol. The predicted molar refractivity (Wildman–Crippen MR) is 53.6 cm³/mol. The molecular weight excluding hydrogens is 194 g/mol. The molecule has 1 aliphatic carbocycles. The van der Waals surface area contributed by atoms with Gasteiger partial charge in [0.15, 0.2) is 0 Å². The summed E-state index contributed by atoms with van der Waals surface area (Å²) in [5, 5.41) is 18.1. The molecule has 0 saturated carbocycles. The summed E-state index contributed by atoms with van der Waals surface area (Å²) >= 11 is 0. The predicted octanol–water partition coefficient (Wildman–Crippen LogP) is 0.936. The van der Waals surface area contributed by atoms with Gasteiger partial charge < -0.3 is 9.84 Å². The van der Waals surface area contributed by atoms with Crippen molar-refractivity contribution >= 4 is 5.97 Å². The quantitative estimate of drug-likeness (QED) is 0.699. The van der Waals surface area contributed by atoms with Crippen LogP contribution in [-0.4, -0.2) is 24.3 Å². The van der Waals surface area contributed by atoms with Crippen LogP contribution >= 0.6 is 0 Å². The molecule has 2 atom stereocenters. The second-order valence-corrected chi connectivity index (χ2v) is 3.33. The fourth-order valence-electron chi connectivity index (χ4n) is 1.37. The number of carbonyl (C=O) groups is 1. The average Bonchev–Trinajstić information content (AvgIpc) is 2.27. The molecule has 0 radical (unpaired) electrons. The van der Waals surface area contributed by atoms with Gasteiger partial charge in [0, 0.05) is 0 Å². The lowest BCUT2D eigenvalue weighted by Gasteiger charge is -2.14. The van der Waals surface area contributed by atoms with Gasteiger partial charge in [-0.05, 0) is 12.0 Å². The number of nitrogens with zero attached hydrogens (tertiary/aromatic N) is 1. The summed E-state index contributed by atoms with van der Waals surface area (Å²) < 4.78 is 4.50. The van der Waals surface area contributed by atoms with Gasteiger partial charge in [-0.2, -0.15) is 5.26 Å². The van der Waals surface area contributed by atoms with Crippen LogP contribution in [0.25, 0.3) is 0 Å².